The molecule has 1 aliphatic heterocycles. The van der Waals surface area contributed by atoms with Crippen molar-refractivity contribution < 1.29 is 14.0 Å². The zero-order valence-electron chi connectivity index (χ0n) is 16.2. The van der Waals surface area contributed by atoms with Crippen molar-refractivity contribution >= 4 is 45.1 Å². The largest absolute Gasteiger partial charge is 0.337 e. The molecular formula is C22H20FN3O2S. The van der Waals surface area contributed by atoms with Crippen LogP contribution in [-0.2, 0) is 22.6 Å². The molecule has 0 spiro atoms. The van der Waals surface area contributed by atoms with Crippen LogP contribution in [0.3, 0.4) is 0 Å². The molecule has 1 N–H and O–H groups in total. The molecule has 7 heteroatoms. The van der Waals surface area contributed by atoms with Gasteiger partial charge in [-0.1, -0.05) is 0 Å². The number of halogens is 1. The number of thiophene rings is 1. The van der Waals surface area contributed by atoms with Crippen molar-refractivity contribution in [1.82, 2.24) is 9.88 Å². The van der Waals surface area contributed by atoms with E-state index < -0.39 is 0 Å². The predicted molar refractivity (Wildman–Crippen MR) is 113 cm³/mol. The number of carbonyl (C=O) groups is 2. The van der Waals surface area contributed by atoms with Crippen LogP contribution in [-0.4, -0.2) is 28.7 Å². The SMILES string of the molecule is Cc1c(CN(C)C(=O)/C=C/c2cnc3c(c2)CCC(=O)N3)sc2ccc(F)cc12. The van der Waals surface area contributed by atoms with Crippen LogP contribution < -0.4 is 5.32 Å². The van der Waals surface area contributed by atoms with Crippen LogP contribution in [0.15, 0.2) is 36.5 Å². The van der Waals surface area contributed by atoms with Crippen LogP contribution in [0.1, 0.15) is 28.0 Å². The van der Waals surface area contributed by atoms with Crippen molar-refractivity contribution in [3.63, 3.8) is 0 Å². The lowest BCUT2D eigenvalue weighted by molar-refractivity contribution is -0.125. The van der Waals surface area contributed by atoms with Crippen LogP contribution in [0.5, 0.6) is 0 Å². The minimum Gasteiger partial charge on any atom is -0.337 e. The van der Waals surface area contributed by atoms with E-state index in [1.165, 1.54) is 18.2 Å². The van der Waals surface area contributed by atoms with Gasteiger partial charge >= 0.3 is 0 Å². The summed E-state index contributed by atoms with van der Waals surface area (Å²) in [6.45, 7) is 2.42. The second-order valence-corrected chi connectivity index (χ2v) is 8.28. The Bertz CT molecular complexity index is 1150. The number of aromatic nitrogens is 1. The number of amides is 2. The summed E-state index contributed by atoms with van der Waals surface area (Å²) in [5.41, 5.74) is 2.80. The highest BCUT2D eigenvalue weighted by molar-refractivity contribution is 7.19. The Kier molecular flexibility index (Phi) is 5.15. The smallest absolute Gasteiger partial charge is 0.246 e. The molecule has 0 saturated heterocycles. The third-order valence-corrected chi connectivity index (χ3v) is 6.30. The lowest BCUT2D eigenvalue weighted by atomic mass is 10.0. The first kappa shape index (κ1) is 19.3. The van der Waals surface area contributed by atoms with Gasteiger partial charge in [-0.15, -0.1) is 11.3 Å². The van der Waals surface area contributed by atoms with E-state index >= 15 is 0 Å². The zero-order chi connectivity index (χ0) is 20.5. The van der Waals surface area contributed by atoms with E-state index in [0.29, 0.717) is 25.2 Å². The third kappa shape index (κ3) is 4.05. The van der Waals surface area contributed by atoms with E-state index in [-0.39, 0.29) is 17.6 Å². The Labute approximate surface area is 171 Å². The first-order chi connectivity index (χ1) is 13.9. The first-order valence-electron chi connectivity index (χ1n) is 9.30. The number of nitrogens with one attached hydrogen (secondary N) is 1. The number of aryl methyl sites for hydroxylation is 2. The number of carbonyl (C=O) groups excluding carboxylic acids is 2. The van der Waals surface area contributed by atoms with Crippen molar-refractivity contribution in [3.8, 4) is 0 Å². The van der Waals surface area contributed by atoms with E-state index in [1.54, 1.807) is 41.6 Å². The van der Waals surface area contributed by atoms with Gasteiger partial charge in [0, 0.05) is 35.3 Å². The highest BCUT2D eigenvalue weighted by Crippen LogP contribution is 2.32. The number of nitrogens with zero attached hydrogens (tertiary/aromatic N) is 2. The van der Waals surface area contributed by atoms with Crippen LogP contribution >= 0.6 is 11.3 Å². The van der Waals surface area contributed by atoms with Gasteiger partial charge in [-0.3, -0.25) is 9.59 Å². The van der Waals surface area contributed by atoms with Crippen molar-refractivity contribution in [2.75, 3.05) is 12.4 Å². The van der Waals surface area contributed by atoms with Crippen LogP contribution in [0.4, 0.5) is 10.2 Å². The standard InChI is InChI=1S/C22H20FN3O2S/c1-13-17-10-16(23)5-6-18(17)29-19(13)12-26(2)21(28)8-3-14-9-15-4-7-20(27)25-22(15)24-11-14/h3,5-6,8-11H,4,7,12H2,1-2H3,(H,24,25,27)/b8-3+. The van der Waals surface area contributed by atoms with Gasteiger partial charge in [0.05, 0.1) is 6.54 Å². The van der Waals surface area contributed by atoms with Crippen LogP contribution in [0.2, 0.25) is 0 Å². The Morgan fingerprint density at radius 2 is 2.17 bits per heavy atom. The van der Waals surface area contributed by atoms with E-state index in [0.717, 1.165) is 31.7 Å². The van der Waals surface area contributed by atoms with Gasteiger partial charge in [0.2, 0.25) is 11.8 Å². The number of pyridine rings is 1. The number of anilines is 1. The Hall–Kier alpha value is -3.06. The fourth-order valence-corrected chi connectivity index (χ4v) is 4.59. The molecule has 0 saturated carbocycles. The van der Waals surface area contributed by atoms with E-state index in [9.17, 15) is 14.0 Å². The molecule has 3 heterocycles. The molecule has 0 unspecified atom stereocenters. The average molecular weight is 409 g/mol. The molecule has 2 amide bonds. The van der Waals surface area contributed by atoms with Crippen molar-refractivity contribution in [2.24, 2.45) is 0 Å². The monoisotopic (exact) mass is 409 g/mol. The molecule has 0 bridgehead atoms. The maximum absolute atomic E-state index is 13.5. The number of fused-ring (bicyclic) bond motifs is 2. The fourth-order valence-electron chi connectivity index (χ4n) is 3.35. The zero-order valence-corrected chi connectivity index (χ0v) is 17.0. The molecule has 0 aliphatic carbocycles. The molecule has 2 aromatic heterocycles. The Morgan fingerprint density at radius 3 is 3.00 bits per heavy atom. The molecule has 3 aromatic rings. The molecule has 0 atom stereocenters. The van der Waals surface area contributed by atoms with Crippen LogP contribution in [0.25, 0.3) is 16.2 Å². The minimum atomic E-state index is -0.254. The molecule has 148 valence electrons. The summed E-state index contributed by atoms with van der Waals surface area (Å²) in [5, 5.41) is 3.64. The maximum atomic E-state index is 13.5. The molecule has 0 radical (unpaired) electrons. The second kappa shape index (κ2) is 7.75. The maximum Gasteiger partial charge on any atom is 0.246 e. The van der Waals surface area contributed by atoms with E-state index in [4.69, 9.17) is 0 Å². The van der Waals surface area contributed by atoms with Crippen molar-refractivity contribution in [1.29, 1.82) is 0 Å². The molecule has 0 fully saturated rings. The molecule has 1 aliphatic rings. The number of benzene rings is 1. The summed E-state index contributed by atoms with van der Waals surface area (Å²) in [5.74, 6) is 0.192. The summed E-state index contributed by atoms with van der Waals surface area (Å²) in [4.78, 5) is 30.9. The van der Waals surface area contributed by atoms with Crippen molar-refractivity contribution in [2.45, 2.75) is 26.3 Å². The fraction of sp³-hybridized carbons (Fsp3) is 0.227. The van der Waals surface area contributed by atoms with Crippen LogP contribution in [0, 0.1) is 12.7 Å². The quantitative estimate of drug-likeness (QED) is 0.654. The number of hydrogen-bond acceptors (Lipinski definition) is 4. The Morgan fingerprint density at radius 1 is 1.34 bits per heavy atom. The lowest BCUT2D eigenvalue weighted by Gasteiger charge is -2.16. The number of rotatable bonds is 4. The average Bonchev–Trinajstić information content (AvgIpc) is 3.01. The van der Waals surface area contributed by atoms with Gasteiger partial charge < -0.3 is 10.2 Å². The Balaban J connectivity index is 1.46. The van der Waals surface area contributed by atoms with E-state index in [2.05, 4.69) is 10.3 Å². The van der Waals surface area contributed by atoms with Gasteiger partial charge in [0.25, 0.3) is 0 Å². The summed E-state index contributed by atoms with van der Waals surface area (Å²) in [6.07, 6.45) is 5.99. The van der Waals surface area contributed by atoms with Gasteiger partial charge in [-0.25, -0.2) is 9.37 Å². The summed E-state index contributed by atoms with van der Waals surface area (Å²) in [6, 6.07) is 6.71. The third-order valence-electron chi connectivity index (χ3n) is 5.04. The molecule has 4 rings (SSSR count). The predicted octanol–water partition coefficient (Wildman–Crippen LogP) is 4.30. The topological polar surface area (TPSA) is 62.3 Å². The molecule has 1 aromatic carbocycles. The summed E-state index contributed by atoms with van der Waals surface area (Å²) in [7, 11) is 1.75. The van der Waals surface area contributed by atoms with Gasteiger partial charge in [-0.2, -0.15) is 0 Å². The number of likely N-dealkylation sites (N-methyl/N-ethyl adjacent to an activating group) is 1. The van der Waals surface area contributed by atoms with Gasteiger partial charge in [0.15, 0.2) is 0 Å². The molecular weight excluding hydrogens is 389 g/mol. The number of hydrogen-bond donors (Lipinski definition) is 1. The second-order valence-electron chi connectivity index (χ2n) is 7.14. The highest BCUT2D eigenvalue weighted by Gasteiger charge is 2.16. The van der Waals surface area contributed by atoms with Gasteiger partial charge in [-0.05, 0) is 65.8 Å². The molecule has 29 heavy (non-hydrogen) atoms. The summed E-state index contributed by atoms with van der Waals surface area (Å²) >= 11 is 1.58. The van der Waals surface area contributed by atoms with Crippen molar-refractivity contribution in [3.05, 3.63) is 63.9 Å². The first-order valence-corrected chi connectivity index (χ1v) is 10.1. The van der Waals surface area contributed by atoms with Gasteiger partial charge in [0.1, 0.15) is 11.6 Å². The highest BCUT2D eigenvalue weighted by atomic mass is 32.1. The van der Waals surface area contributed by atoms with E-state index in [1.807, 2.05) is 13.0 Å². The summed E-state index contributed by atoms with van der Waals surface area (Å²) < 4.78 is 14.5. The lowest BCUT2D eigenvalue weighted by Crippen LogP contribution is -2.24. The minimum absolute atomic E-state index is 0.0237. The normalized spacial score (nSPS) is 13.6. The molecule has 5 nitrogen and oxygen atoms in total.